The van der Waals surface area contributed by atoms with Crippen LogP contribution in [0.3, 0.4) is 0 Å². The summed E-state index contributed by atoms with van der Waals surface area (Å²) in [6.07, 6.45) is 13.8. The quantitative estimate of drug-likeness (QED) is 0.166. The Morgan fingerprint density at radius 2 is 1.08 bits per heavy atom. The van der Waals surface area contributed by atoms with Gasteiger partial charge in [0.1, 0.15) is 11.5 Å². The molecule has 0 saturated carbocycles. The van der Waals surface area contributed by atoms with Gasteiger partial charge >= 0.3 is 0 Å². The molecule has 65 heavy (non-hydrogen) atoms. The zero-order valence-corrected chi connectivity index (χ0v) is 35.7. The predicted molar refractivity (Wildman–Crippen MR) is 269 cm³/mol. The van der Waals surface area contributed by atoms with E-state index in [-0.39, 0.29) is 11.8 Å². The fourth-order valence-corrected chi connectivity index (χ4v) is 11.1. The molecule has 3 unspecified atom stereocenters. The Bertz CT molecular complexity index is 3470. The zero-order chi connectivity index (χ0) is 42.9. The summed E-state index contributed by atoms with van der Waals surface area (Å²) in [7, 11) is 0. The molecule has 1 aliphatic heterocycles. The van der Waals surface area contributed by atoms with E-state index in [2.05, 4.69) is 254 Å². The number of ether oxygens (including phenoxy) is 1. The number of rotatable bonds is 6. The van der Waals surface area contributed by atoms with Crippen LogP contribution >= 0.6 is 0 Å². The average molecular weight is 830 g/mol. The third-order valence-corrected chi connectivity index (χ3v) is 14.1. The molecule has 0 aromatic heterocycles. The number of hydrogen-bond acceptors (Lipinski definition) is 2. The number of fused-ring (bicyclic) bond motifs is 12. The van der Waals surface area contributed by atoms with Crippen molar-refractivity contribution < 1.29 is 4.74 Å². The Hall–Kier alpha value is -8.20. The maximum absolute atomic E-state index is 7.29. The van der Waals surface area contributed by atoms with E-state index in [1.165, 1.54) is 66.6 Å². The van der Waals surface area contributed by atoms with Crippen LogP contribution < -0.4 is 9.64 Å². The van der Waals surface area contributed by atoms with Crippen molar-refractivity contribution in [2.24, 2.45) is 11.8 Å². The number of hydrogen-bond donors (Lipinski definition) is 0. The Morgan fingerprint density at radius 1 is 0.415 bits per heavy atom. The normalized spacial score (nSPS) is 18.4. The summed E-state index contributed by atoms with van der Waals surface area (Å²) in [6.45, 7) is 0. The Kier molecular flexibility index (Phi) is 8.60. The summed E-state index contributed by atoms with van der Waals surface area (Å²) in [5.74, 6) is 2.34. The van der Waals surface area contributed by atoms with Gasteiger partial charge < -0.3 is 9.64 Å². The maximum atomic E-state index is 7.29. The molecule has 0 saturated heterocycles. The highest BCUT2D eigenvalue weighted by Crippen LogP contribution is 2.63. The first-order valence-corrected chi connectivity index (χ1v) is 22.7. The molecule has 3 atom stereocenters. The van der Waals surface area contributed by atoms with Gasteiger partial charge in [0, 0.05) is 45.3 Å². The smallest absolute Gasteiger partial charge is 0.139 e. The summed E-state index contributed by atoms with van der Waals surface area (Å²) < 4.78 is 7.29. The van der Waals surface area contributed by atoms with Gasteiger partial charge in [-0.25, -0.2) is 0 Å². The number of allylic oxidation sites excluding steroid dienone is 7. The first-order chi connectivity index (χ1) is 32.2. The zero-order valence-electron chi connectivity index (χ0n) is 35.7. The monoisotopic (exact) mass is 829 g/mol. The highest BCUT2D eigenvalue weighted by atomic mass is 16.5. The molecule has 2 heteroatoms. The molecule has 3 aliphatic carbocycles. The van der Waals surface area contributed by atoms with Gasteiger partial charge in [0.15, 0.2) is 0 Å². The van der Waals surface area contributed by atoms with Gasteiger partial charge in [-0.1, -0.05) is 206 Å². The Balaban J connectivity index is 1.02. The van der Waals surface area contributed by atoms with Crippen LogP contribution in [0.15, 0.2) is 260 Å². The van der Waals surface area contributed by atoms with Crippen molar-refractivity contribution >= 4 is 27.8 Å². The van der Waals surface area contributed by atoms with Gasteiger partial charge in [0.2, 0.25) is 0 Å². The molecule has 9 aromatic rings. The minimum absolute atomic E-state index is 0.103. The van der Waals surface area contributed by atoms with E-state index in [0.717, 1.165) is 39.5 Å². The maximum Gasteiger partial charge on any atom is 0.139 e. The third kappa shape index (κ3) is 5.81. The van der Waals surface area contributed by atoms with Crippen molar-refractivity contribution in [1.29, 1.82) is 0 Å². The second kappa shape index (κ2) is 15.0. The van der Waals surface area contributed by atoms with E-state index >= 15 is 0 Å². The molecule has 0 radical (unpaired) electrons. The molecule has 0 amide bonds. The van der Waals surface area contributed by atoms with E-state index in [1.54, 1.807) is 0 Å². The third-order valence-electron chi connectivity index (χ3n) is 14.1. The fourth-order valence-electron chi connectivity index (χ4n) is 11.1. The van der Waals surface area contributed by atoms with Gasteiger partial charge in [0.05, 0.1) is 11.1 Å². The lowest BCUT2D eigenvalue weighted by atomic mass is 9.62. The molecule has 9 aromatic carbocycles. The SMILES string of the molecule is C1=CC2C=CC3=C(Oc4c(ccc5ccccc45)C34c3ccccc3-c3ccc(-c5cccc(N(c6ccccc6)c6ccc(-c7ccccc7)cc6-c6ccccc6)c5)cc34)C2C=C1. The van der Waals surface area contributed by atoms with Gasteiger partial charge in [-0.05, 0) is 97.9 Å². The molecular formula is C63H43NO. The van der Waals surface area contributed by atoms with E-state index in [4.69, 9.17) is 4.74 Å². The fraction of sp³-hybridized carbons (Fsp3) is 0.0476. The van der Waals surface area contributed by atoms with Crippen LogP contribution in [0.25, 0.3) is 55.3 Å². The van der Waals surface area contributed by atoms with E-state index in [1.807, 2.05) is 0 Å². The van der Waals surface area contributed by atoms with Crippen LogP contribution in [-0.4, -0.2) is 0 Å². The summed E-state index contributed by atoms with van der Waals surface area (Å²) >= 11 is 0. The van der Waals surface area contributed by atoms with Crippen LogP contribution in [0.2, 0.25) is 0 Å². The number of benzene rings is 9. The van der Waals surface area contributed by atoms with Crippen LogP contribution in [0.1, 0.15) is 16.7 Å². The van der Waals surface area contributed by atoms with Crippen molar-refractivity contribution in [1.82, 2.24) is 0 Å². The molecule has 306 valence electrons. The molecular weight excluding hydrogens is 787 g/mol. The van der Waals surface area contributed by atoms with Crippen LogP contribution in [-0.2, 0) is 5.41 Å². The minimum Gasteiger partial charge on any atom is -0.460 e. The van der Waals surface area contributed by atoms with Gasteiger partial charge in [-0.15, -0.1) is 0 Å². The molecule has 2 nitrogen and oxygen atoms in total. The lowest BCUT2D eigenvalue weighted by Gasteiger charge is -2.44. The van der Waals surface area contributed by atoms with Crippen molar-refractivity contribution in [3.63, 3.8) is 0 Å². The number of anilines is 3. The average Bonchev–Trinajstić information content (AvgIpc) is 3.67. The second-order valence-electron chi connectivity index (χ2n) is 17.5. The molecule has 1 spiro atoms. The number of nitrogens with zero attached hydrogens (tertiary/aromatic N) is 1. The largest absolute Gasteiger partial charge is 0.460 e. The second-order valence-corrected chi connectivity index (χ2v) is 17.5. The van der Waals surface area contributed by atoms with Crippen molar-refractivity contribution in [2.45, 2.75) is 5.41 Å². The lowest BCUT2D eigenvalue weighted by Crippen LogP contribution is -2.38. The molecule has 1 heterocycles. The summed E-state index contributed by atoms with van der Waals surface area (Å²) in [5.41, 5.74) is 17.3. The van der Waals surface area contributed by atoms with Gasteiger partial charge in [-0.3, -0.25) is 0 Å². The predicted octanol–water partition coefficient (Wildman–Crippen LogP) is 16.2. The first kappa shape index (κ1) is 37.4. The standard InChI is InChI=1S/C63H43NO/c1-4-17-42(18-5-1)47-34-38-60(55(40-47)43-19-6-2-7-20-43)64(49-24-8-3-9-25-49)50-26-16-23-46(39-50)48-31-35-54-53-29-14-15-30-56(53)63(59(54)41-48)57-36-32-44-21-10-12-27-51(44)61(57)65-62-52-28-13-11-22-45(52)33-37-58(62)63/h1-41,44,51H. The summed E-state index contributed by atoms with van der Waals surface area (Å²) in [5, 5.41) is 2.32. The highest BCUT2D eigenvalue weighted by molar-refractivity contribution is 5.97. The highest BCUT2D eigenvalue weighted by Gasteiger charge is 2.54. The summed E-state index contributed by atoms with van der Waals surface area (Å²) in [4.78, 5) is 2.41. The van der Waals surface area contributed by atoms with Crippen molar-refractivity contribution in [2.75, 3.05) is 4.90 Å². The van der Waals surface area contributed by atoms with E-state index in [0.29, 0.717) is 0 Å². The lowest BCUT2D eigenvalue weighted by molar-refractivity contribution is 0.321. The van der Waals surface area contributed by atoms with Crippen LogP contribution in [0, 0.1) is 11.8 Å². The molecule has 13 rings (SSSR count). The minimum atomic E-state index is -0.593. The molecule has 0 fully saturated rings. The van der Waals surface area contributed by atoms with Crippen LogP contribution in [0.4, 0.5) is 17.1 Å². The Labute approximate surface area is 380 Å². The van der Waals surface area contributed by atoms with Gasteiger partial charge in [0.25, 0.3) is 0 Å². The molecule has 4 aliphatic rings. The van der Waals surface area contributed by atoms with Crippen LogP contribution in [0.5, 0.6) is 5.75 Å². The Morgan fingerprint density at radius 3 is 1.94 bits per heavy atom. The van der Waals surface area contributed by atoms with E-state index < -0.39 is 5.41 Å². The first-order valence-electron chi connectivity index (χ1n) is 22.7. The molecule has 0 N–H and O–H groups in total. The summed E-state index contributed by atoms with van der Waals surface area (Å²) in [6, 6.07) is 77.7. The topological polar surface area (TPSA) is 12.5 Å². The van der Waals surface area contributed by atoms with Gasteiger partial charge in [-0.2, -0.15) is 0 Å². The van der Waals surface area contributed by atoms with Crippen molar-refractivity contribution in [3.05, 3.63) is 277 Å². The number of para-hydroxylation sites is 1. The van der Waals surface area contributed by atoms with E-state index in [9.17, 15) is 0 Å². The molecule has 0 bridgehead atoms. The van der Waals surface area contributed by atoms with Crippen molar-refractivity contribution in [3.8, 4) is 50.3 Å².